The average Bonchev–Trinajstić information content (AvgIpc) is 3.25. The Morgan fingerprint density at radius 1 is 0.712 bits per heavy atom. The molecule has 6 heterocycles. The van der Waals surface area contributed by atoms with Crippen molar-refractivity contribution in [3.63, 3.8) is 0 Å². The van der Waals surface area contributed by atoms with E-state index in [0.29, 0.717) is 91.0 Å². The molecule has 18 nitrogen and oxygen atoms in total. The Hall–Kier alpha value is -5.55. The fraction of sp³-hybridized carbons (Fsp3) is 0.523. The number of anilines is 4. The van der Waals surface area contributed by atoms with Crippen molar-refractivity contribution < 1.29 is 54.1 Å². The number of hydrogen-bond acceptors (Lipinski definition) is 17. The number of rotatable bonds is 10. The number of morpholine rings is 2. The molecule has 1 saturated carbocycles. The van der Waals surface area contributed by atoms with Crippen LogP contribution in [0.4, 0.5) is 36.6 Å². The minimum Gasteiger partial charge on any atom is -0.474 e. The molecule has 0 spiro atoms. The molecule has 4 atom stereocenters. The Kier molecular flexibility index (Phi) is 18.4. The zero-order valence-electron chi connectivity index (χ0n) is 37.0. The molecule has 2 aromatic carbocycles. The number of aromatic nitrogens is 4. The van der Waals surface area contributed by atoms with Crippen LogP contribution >= 0.6 is 0 Å². The van der Waals surface area contributed by atoms with Gasteiger partial charge in [-0.1, -0.05) is 18.6 Å². The van der Waals surface area contributed by atoms with E-state index >= 15 is 0 Å². The number of halogens is 2. The molecule has 4 unspecified atom stereocenters. The first kappa shape index (κ1) is 49.9. The van der Waals surface area contributed by atoms with Crippen molar-refractivity contribution in [2.45, 2.75) is 109 Å². The molecule has 5 fully saturated rings. The summed E-state index contributed by atoms with van der Waals surface area (Å²) < 4.78 is 91.0. The van der Waals surface area contributed by atoms with E-state index in [1.54, 1.807) is 12.1 Å². The number of ether oxygens (including phenoxy) is 5. The number of hydrogen-bond donors (Lipinski definition) is 3. The molecule has 3 N–H and O–H groups in total. The highest BCUT2D eigenvalue weighted by Gasteiger charge is 2.44. The van der Waals surface area contributed by atoms with Crippen LogP contribution < -0.4 is 25.4 Å². The summed E-state index contributed by atoms with van der Waals surface area (Å²) in [5.41, 5.74) is 3.92. The maximum Gasteiger partial charge on any atom is 0.410 e. The number of piperidine rings is 2. The smallest absolute Gasteiger partial charge is 0.410 e. The van der Waals surface area contributed by atoms with E-state index < -0.39 is 23.1 Å². The predicted octanol–water partition coefficient (Wildman–Crippen LogP) is 6.06. The highest BCUT2D eigenvalue weighted by molar-refractivity contribution is 7.51. The summed E-state index contributed by atoms with van der Waals surface area (Å²) in [6.07, 6.45) is 9.13. The summed E-state index contributed by atoms with van der Waals surface area (Å²) in [6.45, 7) is 10.3. The van der Waals surface area contributed by atoms with Gasteiger partial charge in [0.05, 0.1) is 67.6 Å². The van der Waals surface area contributed by atoms with E-state index in [1.165, 1.54) is 31.2 Å². The number of aryl methyl sites for hydroxylation is 2. The molecule has 9 rings (SSSR count). The van der Waals surface area contributed by atoms with Crippen molar-refractivity contribution >= 4 is 52.2 Å². The number of amides is 1. The second-order valence-corrected chi connectivity index (χ2v) is 17.1. The summed E-state index contributed by atoms with van der Waals surface area (Å²) in [5, 5.41) is 9.64. The lowest BCUT2D eigenvalue weighted by molar-refractivity contribution is -0.0925. The monoisotopic (exact) mass is 956 g/mol. The molecular formula is C44H54F2N8O10S2. The van der Waals surface area contributed by atoms with Gasteiger partial charge in [-0.15, -0.1) is 0 Å². The van der Waals surface area contributed by atoms with Gasteiger partial charge in [0.15, 0.2) is 0 Å². The Morgan fingerprint density at radius 2 is 1.17 bits per heavy atom. The summed E-state index contributed by atoms with van der Waals surface area (Å²) in [4.78, 5) is 31.8. The lowest BCUT2D eigenvalue weighted by Crippen LogP contribution is -2.61. The van der Waals surface area contributed by atoms with Gasteiger partial charge in [0.1, 0.15) is 48.1 Å². The Balaban J connectivity index is 0.000000200. The van der Waals surface area contributed by atoms with E-state index in [1.807, 2.05) is 44.7 Å². The van der Waals surface area contributed by atoms with Crippen LogP contribution in [0, 0.1) is 45.2 Å². The Labute approximate surface area is 388 Å². The average molecular weight is 957 g/mol. The van der Waals surface area contributed by atoms with E-state index in [2.05, 4.69) is 35.9 Å². The van der Waals surface area contributed by atoms with E-state index in [4.69, 9.17) is 40.5 Å². The van der Waals surface area contributed by atoms with Gasteiger partial charge in [0, 0.05) is 37.8 Å². The van der Waals surface area contributed by atoms with Crippen LogP contribution in [0.2, 0.25) is 0 Å². The molecular weight excluding hydrogens is 903 g/mol. The molecule has 66 heavy (non-hydrogen) atoms. The van der Waals surface area contributed by atoms with Gasteiger partial charge in [-0.25, -0.2) is 33.5 Å². The Bertz CT molecular complexity index is 2320. The van der Waals surface area contributed by atoms with Gasteiger partial charge >= 0.3 is 29.2 Å². The van der Waals surface area contributed by atoms with Gasteiger partial charge in [-0.2, -0.15) is 16.8 Å². The summed E-state index contributed by atoms with van der Waals surface area (Å²) in [6, 6.07) is 10.5. The zero-order chi connectivity index (χ0) is 47.2. The molecule has 356 valence electrons. The third-order valence-corrected chi connectivity index (χ3v) is 11.9. The van der Waals surface area contributed by atoms with Gasteiger partial charge < -0.3 is 39.6 Å². The summed E-state index contributed by atoms with van der Waals surface area (Å²) >= 11 is -1.50. The highest BCUT2D eigenvalue weighted by atomic mass is 32.1. The van der Waals surface area contributed by atoms with Crippen LogP contribution in [0.15, 0.2) is 49.1 Å². The number of carbonyl (C=O) groups excluding carboxylic acids is 1. The second-order valence-electron chi connectivity index (χ2n) is 16.8. The third-order valence-electron chi connectivity index (χ3n) is 11.9. The first-order valence-electron chi connectivity index (χ1n) is 21.6. The largest absolute Gasteiger partial charge is 0.474 e. The minimum absolute atomic E-state index is 0.0900. The fourth-order valence-electron chi connectivity index (χ4n) is 8.44. The van der Waals surface area contributed by atoms with Gasteiger partial charge in [-0.3, -0.25) is 4.90 Å². The topological polar surface area (TPSA) is 222 Å². The predicted molar refractivity (Wildman–Crippen MR) is 238 cm³/mol. The van der Waals surface area contributed by atoms with E-state index in [-0.39, 0.29) is 42.0 Å². The number of nitrogens with one attached hydrogen (secondary N) is 3. The normalized spacial score (nSPS) is 22.7. The molecule has 0 radical (unpaired) electrons. The van der Waals surface area contributed by atoms with E-state index in [0.717, 1.165) is 55.6 Å². The molecule has 4 aromatic rings. The molecule has 4 aliphatic heterocycles. The molecule has 1 aliphatic carbocycles. The van der Waals surface area contributed by atoms with Crippen molar-refractivity contribution in [2.75, 3.05) is 43.7 Å². The number of nitrogens with zero attached hydrogens (tertiary/aromatic N) is 5. The third kappa shape index (κ3) is 13.5. The molecule has 2 aromatic heterocycles. The molecule has 4 bridgehead atoms. The fourth-order valence-corrected chi connectivity index (χ4v) is 8.44. The zero-order valence-corrected chi connectivity index (χ0v) is 38.7. The van der Waals surface area contributed by atoms with Crippen molar-refractivity contribution in [1.82, 2.24) is 30.2 Å². The number of benzene rings is 2. The first-order chi connectivity index (χ1) is 31.9. The Morgan fingerprint density at radius 3 is 1.61 bits per heavy atom. The van der Waals surface area contributed by atoms with Crippen LogP contribution in [0.1, 0.15) is 67.2 Å². The molecule has 1 amide bonds. The van der Waals surface area contributed by atoms with Crippen LogP contribution in [-0.4, -0.2) is 117 Å². The lowest BCUT2D eigenvalue weighted by Gasteiger charge is -2.47. The van der Waals surface area contributed by atoms with E-state index in [9.17, 15) is 13.6 Å². The molecule has 5 aliphatic rings. The maximum absolute atomic E-state index is 14.3. The molecule has 4 saturated heterocycles. The second kappa shape index (κ2) is 24.3. The van der Waals surface area contributed by atoms with Crippen molar-refractivity contribution in [3.8, 4) is 11.8 Å². The molecule has 22 heteroatoms. The maximum atomic E-state index is 14.3. The summed E-state index contributed by atoms with van der Waals surface area (Å²) in [7, 11) is 0. The van der Waals surface area contributed by atoms with Gasteiger partial charge in [0.25, 0.3) is 0 Å². The van der Waals surface area contributed by atoms with Crippen LogP contribution in [-0.2, 0) is 37.4 Å². The number of fused-ring (bicyclic) bond motifs is 4. The quantitative estimate of drug-likeness (QED) is 0.164. The van der Waals surface area contributed by atoms with Crippen LogP contribution in [0.3, 0.4) is 0 Å². The van der Waals surface area contributed by atoms with Gasteiger partial charge in [0.2, 0.25) is 11.8 Å². The van der Waals surface area contributed by atoms with Gasteiger partial charge in [-0.05, 0) is 81.8 Å². The van der Waals surface area contributed by atoms with Crippen LogP contribution in [0.25, 0.3) is 0 Å². The minimum atomic E-state index is -0.750. The lowest BCUT2D eigenvalue weighted by atomic mass is 9.86. The SMILES string of the molecule is Cc1ccc(Nc2ncnc(OC3CC4COCC(C3)N4)c2C)c(F)c1.Cc1ccc(Nc2ncnc(OC3CC4COCC(C3)N4C(=O)OCC3CCC3)c2C)c(F)c1.O=S=O.O=S=O. The highest BCUT2D eigenvalue weighted by Crippen LogP contribution is 2.34. The summed E-state index contributed by atoms with van der Waals surface area (Å²) in [5.74, 6) is 1.90. The standard InChI is InChI=1S/C25H31FN4O4.C19H23FN4O2.2O2S/c1-15-6-7-22(21(26)8-15)29-23-16(2)24(28-14-27-23)34-20-9-18-12-32-13-19(10-20)30(18)25(31)33-11-17-4-3-5-17;1-11-3-4-17(16(20)5-11)24-18-12(2)19(22-10-21-18)26-15-6-13-8-25-9-14(7-15)23-13;2*1-3-2/h6-8,14,17-20H,3-5,9-13H2,1-2H3,(H,27,28,29);3-5,10,13-15,23H,6-9H2,1-2H3,(H,21,22,24);;. The van der Waals surface area contributed by atoms with Crippen molar-refractivity contribution in [2.24, 2.45) is 5.92 Å². The number of carbonyl (C=O) groups is 1. The first-order valence-corrected chi connectivity index (χ1v) is 23.0. The van der Waals surface area contributed by atoms with Crippen molar-refractivity contribution in [1.29, 1.82) is 0 Å². The van der Waals surface area contributed by atoms with Crippen LogP contribution in [0.5, 0.6) is 11.8 Å². The van der Waals surface area contributed by atoms with Crippen molar-refractivity contribution in [3.05, 3.63) is 82.9 Å².